The maximum absolute atomic E-state index is 12.9. The Morgan fingerprint density at radius 2 is 2.06 bits per heavy atom. The van der Waals surface area contributed by atoms with Crippen molar-refractivity contribution in [3.8, 4) is 0 Å². The van der Waals surface area contributed by atoms with Gasteiger partial charge in [0.25, 0.3) is 0 Å². The Bertz CT molecular complexity index is 456. The largest absolute Gasteiger partial charge is 0.327 e. The maximum Gasteiger partial charge on any atom is 0.170 e. The Hall–Kier alpha value is -0.980. The van der Waals surface area contributed by atoms with E-state index in [-0.39, 0.29) is 17.1 Å². The highest BCUT2D eigenvalue weighted by atomic mass is 32.2. The number of nitrogens with zero attached hydrogens (tertiary/aromatic N) is 2. The van der Waals surface area contributed by atoms with Gasteiger partial charge in [-0.2, -0.15) is 4.37 Å². The topological polar surface area (TPSA) is 51.8 Å². The Morgan fingerprint density at radius 1 is 1.35 bits per heavy atom. The van der Waals surface area contributed by atoms with Gasteiger partial charge in [-0.15, -0.1) is 0 Å². The summed E-state index contributed by atoms with van der Waals surface area (Å²) in [5.41, 5.74) is 6.97. The van der Waals surface area contributed by atoms with Gasteiger partial charge >= 0.3 is 0 Å². The van der Waals surface area contributed by atoms with Gasteiger partial charge in [-0.05, 0) is 36.2 Å². The highest BCUT2D eigenvalue weighted by Crippen LogP contribution is 2.37. The molecule has 0 aliphatic rings. The first-order valence-corrected chi connectivity index (χ1v) is 6.76. The average molecular weight is 269 g/mol. The minimum Gasteiger partial charge on any atom is -0.327 e. The van der Waals surface area contributed by atoms with Crippen molar-refractivity contribution in [3.05, 3.63) is 42.0 Å². The van der Waals surface area contributed by atoms with E-state index in [2.05, 4.69) is 9.36 Å². The van der Waals surface area contributed by atoms with Crippen molar-refractivity contribution in [2.75, 3.05) is 0 Å². The van der Waals surface area contributed by atoms with Gasteiger partial charge in [-0.25, -0.2) is 9.37 Å². The van der Waals surface area contributed by atoms with E-state index in [1.54, 1.807) is 23.9 Å². The number of halogens is 1. The molecule has 0 spiro atoms. The third-order valence-electron chi connectivity index (χ3n) is 2.24. The smallest absolute Gasteiger partial charge is 0.170 e. The zero-order chi connectivity index (χ0) is 12.3. The van der Waals surface area contributed by atoms with Crippen LogP contribution >= 0.6 is 23.3 Å². The van der Waals surface area contributed by atoms with Crippen molar-refractivity contribution >= 4 is 23.3 Å². The molecule has 0 fully saturated rings. The van der Waals surface area contributed by atoms with Gasteiger partial charge in [0.1, 0.15) is 12.1 Å². The zero-order valence-corrected chi connectivity index (χ0v) is 10.8. The fourth-order valence-electron chi connectivity index (χ4n) is 1.45. The molecule has 3 nitrogen and oxygen atoms in total. The quantitative estimate of drug-likeness (QED) is 0.867. The number of thioether (sulfide) groups is 1. The molecule has 17 heavy (non-hydrogen) atoms. The van der Waals surface area contributed by atoms with Crippen molar-refractivity contribution < 1.29 is 4.39 Å². The van der Waals surface area contributed by atoms with Crippen LogP contribution in [0.25, 0.3) is 0 Å². The van der Waals surface area contributed by atoms with Crippen molar-refractivity contribution in [2.24, 2.45) is 5.73 Å². The van der Waals surface area contributed by atoms with Crippen LogP contribution in [0, 0.1) is 5.82 Å². The summed E-state index contributed by atoms with van der Waals surface area (Å²) < 4.78 is 17.7. The van der Waals surface area contributed by atoms with E-state index in [0.717, 1.165) is 9.90 Å². The number of aromatic nitrogens is 2. The molecule has 2 rings (SSSR count). The number of hydrogen-bond acceptors (Lipinski definition) is 5. The van der Waals surface area contributed by atoms with Crippen LogP contribution in [0.15, 0.2) is 34.9 Å². The molecule has 90 valence electrons. The molecule has 2 aromatic rings. The van der Waals surface area contributed by atoms with E-state index in [9.17, 15) is 4.39 Å². The second-order valence-electron chi connectivity index (χ2n) is 3.66. The van der Waals surface area contributed by atoms with Crippen molar-refractivity contribution in [1.82, 2.24) is 9.36 Å². The van der Waals surface area contributed by atoms with E-state index in [1.165, 1.54) is 30.0 Å². The molecule has 2 unspecified atom stereocenters. The lowest BCUT2D eigenvalue weighted by Crippen LogP contribution is -2.22. The van der Waals surface area contributed by atoms with Gasteiger partial charge in [0.05, 0.1) is 5.25 Å². The van der Waals surface area contributed by atoms with Crippen LogP contribution < -0.4 is 5.73 Å². The molecule has 2 atom stereocenters. The molecule has 0 radical (unpaired) electrons. The second-order valence-corrected chi connectivity index (χ2v) is 5.83. The summed E-state index contributed by atoms with van der Waals surface area (Å²) in [6, 6.07) is 6.38. The summed E-state index contributed by atoms with van der Waals surface area (Å²) in [6.45, 7) is 1.93. The van der Waals surface area contributed by atoms with Crippen molar-refractivity contribution in [1.29, 1.82) is 0 Å². The summed E-state index contributed by atoms with van der Waals surface area (Å²) in [5, 5.41) is 0.0588. The lowest BCUT2D eigenvalue weighted by Gasteiger charge is -2.19. The van der Waals surface area contributed by atoms with Crippen molar-refractivity contribution in [2.45, 2.75) is 22.6 Å². The molecule has 0 aliphatic heterocycles. The second kappa shape index (κ2) is 5.57. The molecule has 0 aliphatic carbocycles. The van der Waals surface area contributed by atoms with Crippen LogP contribution in [0.4, 0.5) is 4.39 Å². The van der Waals surface area contributed by atoms with Gasteiger partial charge in [-0.1, -0.05) is 23.9 Å². The highest BCUT2D eigenvalue weighted by Gasteiger charge is 2.19. The van der Waals surface area contributed by atoms with E-state index < -0.39 is 0 Å². The monoisotopic (exact) mass is 269 g/mol. The SMILES string of the molecule is CC(N)C(Sc1ncns1)c1ccc(F)cc1. The van der Waals surface area contributed by atoms with Gasteiger partial charge < -0.3 is 5.73 Å². The van der Waals surface area contributed by atoms with Crippen molar-refractivity contribution in [3.63, 3.8) is 0 Å². The number of benzene rings is 1. The molecule has 0 saturated heterocycles. The van der Waals surface area contributed by atoms with Crippen LogP contribution in [0.5, 0.6) is 0 Å². The average Bonchev–Trinajstić information content (AvgIpc) is 2.80. The van der Waals surface area contributed by atoms with Gasteiger partial charge in [0.15, 0.2) is 4.34 Å². The Balaban J connectivity index is 2.20. The fraction of sp³-hybridized carbons (Fsp3) is 0.273. The molecular formula is C11H12FN3S2. The van der Waals surface area contributed by atoms with Crippen LogP contribution in [-0.4, -0.2) is 15.4 Å². The summed E-state index contributed by atoms with van der Waals surface area (Å²) in [4.78, 5) is 4.12. The molecule has 1 aromatic carbocycles. The summed E-state index contributed by atoms with van der Waals surface area (Å²) in [7, 11) is 0. The van der Waals surface area contributed by atoms with Gasteiger partial charge in [0.2, 0.25) is 0 Å². The Kier molecular flexibility index (Phi) is 4.09. The molecule has 1 aromatic heterocycles. The minimum absolute atomic E-state index is 0.0469. The first-order chi connectivity index (χ1) is 8.16. The van der Waals surface area contributed by atoms with Crippen LogP contribution in [-0.2, 0) is 0 Å². The normalized spacial score (nSPS) is 14.5. The molecule has 0 saturated carbocycles. The van der Waals surface area contributed by atoms with Crippen LogP contribution in [0.2, 0.25) is 0 Å². The Morgan fingerprint density at radius 3 is 2.59 bits per heavy atom. The molecule has 1 heterocycles. The first kappa shape index (κ1) is 12.5. The fourth-order valence-corrected chi connectivity index (χ4v) is 3.18. The predicted molar refractivity (Wildman–Crippen MR) is 68.6 cm³/mol. The van der Waals surface area contributed by atoms with E-state index in [1.807, 2.05) is 6.92 Å². The third kappa shape index (κ3) is 3.24. The number of nitrogens with two attached hydrogens (primary N) is 1. The lowest BCUT2D eigenvalue weighted by molar-refractivity contribution is 0.625. The zero-order valence-electron chi connectivity index (χ0n) is 9.21. The van der Waals surface area contributed by atoms with E-state index in [0.29, 0.717) is 0 Å². The molecular weight excluding hydrogens is 257 g/mol. The summed E-state index contributed by atoms with van der Waals surface area (Å²) in [5.74, 6) is -0.238. The van der Waals surface area contributed by atoms with E-state index >= 15 is 0 Å². The standard InChI is InChI=1S/C11H12FN3S2/c1-7(13)10(16-11-14-6-15-17-11)8-2-4-9(12)5-3-8/h2-7,10H,13H2,1H3. The number of hydrogen-bond donors (Lipinski definition) is 1. The number of rotatable bonds is 4. The van der Waals surface area contributed by atoms with Gasteiger partial charge in [0, 0.05) is 6.04 Å². The van der Waals surface area contributed by atoms with Crippen LogP contribution in [0.3, 0.4) is 0 Å². The summed E-state index contributed by atoms with van der Waals surface area (Å²) >= 11 is 2.90. The van der Waals surface area contributed by atoms with Gasteiger partial charge in [-0.3, -0.25) is 0 Å². The molecule has 0 bridgehead atoms. The van der Waals surface area contributed by atoms with E-state index in [4.69, 9.17) is 5.73 Å². The maximum atomic E-state index is 12.9. The molecule has 2 N–H and O–H groups in total. The molecule has 0 amide bonds. The van der Waals surface area contributed by atoms with Crippen LogP contribution in [0.1, 0.15) is 17.7 Å². The summed E-state index contributed by atoms with van der Waals surface area (Å²) in [6.07, 6.45) is 1.52. The Labute approximate surface area is 107 Å². The minimum atomic E-state index is -0.238. The predicted octanol–water partition coefficient (Wildman–Crippen LogP) is 2.86. The highest BCUT2D eigenvalue weighted by molar-refractivity contribution is 8.01. The third-order valence-corrected chi connectivity index (χ3v) is 4.48. The lowest BCUT2D eigenvalue weighted by atomic mass is 10.1. The first-order valence-electron chi connectivity index (χ1n) is 5.11. The molecule has 6 heteroatoms.